The van der Waals surface area contributed by atoms with Crippen molar-refractivity contribution >= 4 is 17.5 Å². The molecular formula is C21H25N3O3. The van der Waals surface area contributed by atoms with Crippen molar-refractivity contribution in [1.82, 2.24) is 4.90 Å². The molecule has 0 radical (unpaired) electrons. The first-order valence-electron chi connectivity index (χ1n) is 9.07. The second-order valence-corrected chi connectivity index (χ2v) is 6.89. The minimum Gasteiger partial charge on any atom is -0.378 e. The topological polar surface area (TPSA) is 84.7 Å². The Hall–Kier alpha value is -2.70. The van der Waals surface area contributed by atoms with Crippen molar-refractivity contribution in [3.63, 3.8) is 0 Å². The van der Waals surface area contributed by atoms with Crippen LogP contribution in [0.1, 0.15) is 18.1 Å². The summed E-state index contributed by atoms with van der Waals surface area (Å²) in [5, 5.41) is 2.85. The van der Waals surface area contributed by atoms with Crippen LogP contribution in [0.4, 0.5) is 5.69 Å². The largest absolute Gasteiger partial charge is 0.378 e. The Balaban J connectivity index is 1.60. The summed E-state index contributed by atoms with van der Waals surface area (Å²) < 4.78 is 5.27. The van der Waals surface area contributed by atoms with Crippen molar-refractivity contribution in [1.29, 1.82) is 0 Å². The standard InChI is InChI=1S/C21H25N3O3/c1-21(22,17-5-3-2-4-6-17)20(26)23-18-9-7-16(8-10-18)15-19(25)24-11-13-27-14-12-24/h2-10H,11-15,22H2,1H3,(H,23,26). The molecule has 0 aliphatic carbocycles. The molecular weight excluding hydrogens is 342 g/mol. The Morgan fingerprint density at radius 3 is 2.33 bits per heavy atom. The van der Waals surface area contributed by atoms with E-state index in [1.807, 2.05) is 47.4 Å². The number of carbonyl (C=O) groups is 2. The highest BCUT2D eigenvalue weighted by Gasteiger charge is 2.30. The van der Waals surface area contributed by atoms with Crippen LogP contribution in [0.25, 0.3) is 0 Å². The third-order valence-corrected chi connectivity index (χ3v) is 4.78. The van der Waals surface area contributed by atoms with Gasteiger partial charge in [-0.15, -0.1) is 0 Å². The lowest BCUT2D eigenvalue weighted by molar-refractivity contribution is -0.134. The van der Waals surface area contributed by atoms with E-state index in [4.69, 9.17) is 10.5 Å². The number of anilines is 1. The fourth-order valence-electron chi connectivity index (χ4n) is 2.98. The quantitative estimate of drug-likeness (QED) is 0.845. The Morgan fingerprint density at radius 2 is 1.70 bits per heavy atom. The van der Waals surface area contributed by atoms with Crippen LogP contribution in [0, 0.1) is 0 Å². The highest BCUT2D eigenvalue weighted by molar-refractivity contribution is 5.98. The first-order chi connectivity index (χ1) is 13.0. The van der Waals surface area contributed by atoms with Crippen LogP contribution >= 0.6 is 0 Å². The summed E-state index contributed by atoms with van der Waals surface area (Å²) in [5.74, 6) is -0.195. The minimum absolute atomic E-state index is 0.0914. The van der Waals surface area contributed by atoms with Gasteiger partial charge in [-0.25, -0.2) is 0 Å². The van der Waals surface area contributed by atoms with Gasteiger partial charge in [0.1, 0.15) is 5.54 Å². The molecule has 1 atom stereocenters. The predicted octanol–water partition coefficient (Wildman–Crippen LogP) is 1.90. The van der Waals surface area contributed by atoms with Crippen molar-refractivity contribution in [2.45, 2.75) is 18.9 Å². The number of benzene rings is 2. The van der Waals surface area contributed by atoms with E-state index in [0.29, 0.717) is 38.4 Å². The van der Waals surface area contributed by atoms with Crippen molar-refractivity contribution in [2.24, 2.45) is 5.73 Å². The second-order valence-electron chi connectivity index (χ2n) is 6.89. The van der Waals surface area contributed by atoms with E-state index in [1.165, 1.54) is 0 Å². The summed E-state index contributed by atoms with van der Waals surface area (Å²) in [6.07, 6.45) is 0.340. The molecule has 3 N–H and O–H groups in total. The Bertz CT molecular complexity index is 782. The molecule has 1 unspecified atom stereocenters. The molecule has 1 saturated heterocycles. The summed E-state index contributed by atoms with van der Waals surface area (Å²) in [6.45, 7) is 4.15. The maximum Gasteiger partial charge on any atom is 0.248 e. The monoisotopic (exact) mass is 367 g/mol. The van der Waals surface area contributed by atoms with E-state index in [9.17, 15) is 9.59 Å². The molecule has 6 heteroatoms. The molecule has 0 saturated carbocycles. The van der Waals surface area contributed by atoms with Gasteiger partial charge >= 0.3 is 0 Å². The number of nitrogens with zero attached hydrogens (tertiary/aromatic N) is 1. The number of amides is 2. The maximum atomic E-state index is 12.6. The van der Waals surface area contributed by atoms with Crippen molar-refractivity contribution in [3.05, 3.63) is 65.7 Å². The lowest BCUT2D eigenvalue weighted by Crippen LogP contribution is -2.45. The third-order valence-electron chi connectivity index (χ3n) is 4.78. The molecule has 2 aromatic carbocycles. The molecule has 0 bridgehead atoms. The fraction of sp³-hybridized carbons (Fsp3) is 0.333. The first kappa shape index (κ1) is 19.1. The van der Waals surface area contributed by atoms with Crippen molar-refractivity contribution in [3.8, 4) is 0 Å². The van der Waals surface area contributed by atoms with Gasteiger partial charge in [0.25, 0.3) is 0 Å². The van der Waals surface area contributed by atoms with E-state index in [1.54, 1.807) is 19.1 Å². The molecule has 0 spiro atoms. The van der Waals surface area contributed by atoms with Crippen LogP contribution in [-0.4, -0.2) is 43.0 Å². The average Bonchev–Trinajstić information content (AvgIpc) is 2.70. The Morgan fingerprint density at radius 1 is 1.07 bits per heavy atom. The third kappa shape index (κ3) is 4.72. The number of morpholine rings is 1. The van der Waals surface area contributed by atoms with Crippen molar-refractivity contribution < 1.29 is 14.3 Å². The summed E-state index contributed by atoms with van der Waals surface area (Å²) in [7, 11) is 0. The Labute approximate surface area is 159 Å². The van der Waals surface area contributed by atoms with E-state index in [-0.39, 0.29) is 11.8 Å². The van der Waals surface area contributed by atoms with Crippen LogP contribution in [0.5, 0.6) is 0 Å². The van der Waals surface area contributed by atoms with Crippen molar-refractivity contribution in [2.75, 3.05) is 31.6 Å². The maximum absolute atomic E-state index is 12.6. The number of hydrogen-bond acceptors (Lipinski definition) is 4. The number of carbonyl (C=O) groups excluding carboxylic acids is 2. The zero-order chi connectivity index (χ0) is 19.3. The SMILES string of the molecule is CC(N)(C(=O)Nc1ccc(CC(=O)N2CCOCC2)cc1)c1ccccc1. The van der Waals surface area contributed by atoms with Gasteiger partial charge < -0.3 is 20.7 Å². The molecule has 2 aromatic rings. The second kappa shape index (κ2) is 8.33. The van der Waals surface area contributed by atoms with Crippen LogP contribution in [0.3, 0.4) is 0 Å². The van der Waals surface area contributed by atoms with E-state index in [2.05, 4.69) is 5.32 Å². The lowest BCUT2D eigenvalue weighted by Gasteiger charge is -2.27. The van der Waals surface area contributed by atoms with E-state index >= 15 is 0 Å². The summed E-state index contributed by atoms with van der Waals surface area (Å²) in [5.41, 5.74) is 7.40. The smallest absolute Gasteiger partial charge is 0.248 e. The number of rotatable bonds is 5. The number of nitrogens with one attached hydrogen (secondary N) is 1. The lowest BCUT2D eigenvalue weighted by atomic mass is 9.92. The molecule has 1 fully saturated rings. The number of nitrogens with two attached hydrogens (primary N) is 1. The number of hydrogen-bond donors (Lipinski definition) is 2. The van der Waals surface area contributed by atoms with Gasteiger partial charge in [-0.1, -0.05) is 42.5 Å². The first-order valence-corrected chi connectivity index (χ1v) is 9.07. The summed E-state index contributed by atoms with van der Waals surface area (Å²) in [4.78, 5) is 26.7. The molecule has 2 amide bonds. The summed E-state index contributed by atoms with van der Waals surface area (Å²) in [6, 6.07) is 16.5. The van der Waals surface area contributed by atoms with Crippen LogP contribution in [0.2, 0.25) is 0 Å². The van der Waals surface area contributed by atoms with E-state index in [0.717, 1.165) is 11.1 Å². The molecule has 27 heavy (non-hydrogen) atoms. The predicted molar refractivity (Wildman–Crippen MR) is 104 cm³/mol. The molecule has 1 heterocycles. The average molecular weight is 367 g/mol. The normalized spacial score (nSPS) is 16.4. The highest BCUT2D eigenvalue weighted by atomic mass is 16.5. The molecule has 1 aliphatic rings. The fourth-order valence-corrected chi connectivity index (χ4v) is 2.98. The van der Waals surface area contributed by atoms with E-state index < -0.39 is 5.54 Å². The highest BCUT2D eigenvalue weighted by Crippen LogP contribution is 2.20. The van der Waals surface area contributed by atoms with Gasteiger partial charge in [-0.05, 0) is 30.2 Å². The van der Waals surface area contributed by atoms with Gasteiger partial charge in [-0.2, -0.15) is 0 Å². The molecule has 0 aromatic heterocycles. The summed E-state index contributed by atoms with van der Waals surface area (Å²) >= 11 is 0. The minimum atomic E-state index is -1.13. The van der Waals surface area contributed by atoms with Gasteiger partial charge in [-0.3, -0.25) is 9.59 Å². The number of ether oxygens (including phenoxy) is 1. The molecule has 142 valence electrons. The van der Waals surface area contributed by atoms with Crippen LogP contribution in [-0.2, 0) is 26.3 Å². The van der Waals surface area contributed by atoms with Crippen LogP contribution in [0.15, 0.2) is 54.6 Å². The van der Waals surface area contributed by atoms with Gasteiger partial charge in [0.15, 0.2) is 0 Å². The van der Waals surface area contributed by atoms with Crippen LogP contribution < -0.4 is 11.1 Å². The Kier molecular flexibility index (Phi) is 5.88. The van der Waals surface area contributed by atoms with Gasteiger partial charge in [0.2, 0.25) is 11.8 Å². The molecule has 3 rings (SSSR count). The van der Waals surface area contributed by atoms with Gasteiger partial charge in [0.05, 0.1) is 19.6 Å². The zero-order valence-corrected chi connectivity index (χ0v) is 15.5. The zero-order valence-electron chi connectivity index (χ0n) is 15.5. The molecule has 1 aliphatic heterocycles. The van der Waals surface area contributed by atoms with Gasteiger partial charge in [0, 0.05) is 18.8 Å². The molecule has 6 nitrogen and oxygen atoms in total.